The summed E-state index contributed by atoms with van der Waals surface area (Å²) in [6, 6.07) is 15.0. The topological polar surface area (TPSA) is 87.7 Å². The predicted octanol–water partition coefficient (Wildman–Crippen LogP) is 2.94. The Labute approximate surface area is 182 Å². The Morgan fingerprint density at radius 1 is 0.968 bits per heavy atom. The van der Waals surface area contributed by atoms with E-state index in [0.29, 0.717) is 43.1 Å². The monoisotopic (exact) mass is 423 g/mol. The van der Waals surface area contributed by atoms with E-state index in [9.17, 15) is 14.4 Å². The first kappa shape index (κ1) is 22.5. The van der Waals surface area contributed by atoms with Crippen molar-refractivity contribution in [2.75, 3.05) is 31.6 Å². The predicted molar refractivity (Wildman–Crippen MR) is 119 cm³/mol. The molecule has 0 unspecified atom stereocenters. The largest absolute Gasteiger partial charge is 0.378 e. The van der Waals surface area contributed by atoms with Gasteiger partial charge in [-0.05, 0) is 30.2 Å². The van der Waals surface area contributed by atoms with Crippen LogP contribution in [0.3, 0.4) is 0 Å². The van der Waals surface area contributed by atoms with Crippen molar-refractivity contribution in [1.82, 2.24) is 10.2 Å². The van der Waals surface area contributed by atoms with Gasteiger partial charge in [-0.1, -0.05) is 50.6 Å². The Hall–Kier alpha value is -3.19. The molecule has 0 aromatic heterocycles. The molecule has 7 heteroatoms. The lowest BCUT2D eigenvalue weighted by Crippen LogP contribution is -2.54. The van der Waals surface area contributed by atoms with Gasteiger partial charge in [0, 0.05) is 18.7 Å². The van der Waals surface area contributed by atoms with Gasteiger partial charge in [-0.3, -0.25) is 14.4 Å². The molecule has 164 valence electrons. The highest BCUT2D eigenvalue weighted by Gasteiger charge is 2.31. The van der Waals surface area contributed by atoms with Crippen LogP contribution in [0.4, 0.5) is 5.69 Å². The average molecular weight is 424 g/mol. The number of amides is 3. The maximum absolute atomic E-state index is 13.1. The van der Waals surface area contributed by atoms with Crippen LogP contribution in [0.5, 0.6) is 0 Å². The highest BCUT2D eigenvalue weighted by atomic mass is 16.5. The minimum absolute atomic E-state index is 0.0367. The molecule has 2 aromatic carbocycles. The maximum Gasteiger partial charge on any atom is 0.255 e. The van der Waals surface area contributed by atoms with E-state index in [-0.39, 0.29) is 17.7 Å². The number of morpholine rings is 1. The van der Waals surface area contributed by atoms with Gasteiger partial charge in [-0.25, -0.2) is 0 Å². The second-order valence-electron chi connectivity index (χ2n) is 7.64. The van der Waals surface area contributed by atoms with E-state index in [1.165, 1.54) is 0 Å². The number of anilines is 1. The Bertz CT molecular complexity index is 910. The quantitative estimate of drug-likeness (QED) is 0.717. The molecule has 1 saturated heterocycles. The summed E-state index contributed by atoms with van der Waals surface area (Å²) in [7, 11) is 0. The van der Waals surface area contributed by atoms with Gasteiger partial charge in [0.25, 0.3) is 11.8 Å². The minimum atomic E-state index is -0.645. The lowest BCUT2D eigenvalue weighted by Gasteiger charge is -2.33. The Morgan fingerprint density at radius 3 is 2.29 bits per heavy atom. The van der Waals surface area contributed by atoms with E-state index >= 15 is 0 Å². The van der Waals surface area contributed by atoms with Crippen LogP contribution in [0.15, 0.2) is 54.6 Å². The first-order valence-electron chi connectivity index (χ1n) is 10.6. The number of hydrogen-bond donors (Lipinski definition) is 2. The van der Waals surface area contributed by atoms with E-state index in [1.54, 1.807) is 53.4 Å². The number of para-hydroxylation sites is 1. The van der Waals surface area contributed by atoms with Crippen LogP contribution in [0, 0.1) is 5.92 Å². The molecular weight excluding hydrogens is 394 g/mol. The molecule has 1 aliphatic rings. The van der Waals surface area contributed by atoms with Crippen LogP contribution in [-0.2, 0) is 9.53 Å². The summed E-state index contributed by atoms with van der Waals surface area (Å²) >= 11 is 0. The van der Waals surface area contributed by atoms with Crippen LogP contribution in [0.25, 0.3) is 0 Å². The number of nitrogens with one attached hydrogen (secondary N) is 2. The number of carbonyl (C=O) groups is 3. The number of benzene rings is 2. The van der Waals surface area contributed by atoms with Crippen molar-refractivity contribution in [3.8, 4) is 0 Å². The van der Waals surface area contributed by atoms with Crippen molar-refractivity contribution in [3.05, 3.63) is 65.7 Å². The highest BCUT2D eigenvalue weighted by Crippen LogP contribution is 2.19. The summed E-state index contributed by atoms with van der Waals surface area (Å²) in [5.41, 5.74) is 1.21. The zero-order valence-corrected chi connectivity index (χ0v) is 18.0. The maximum atomic E-state index is 13.1. The summed E-state index contributed by atoms with van der Waals surface area (Å²) in [6.45, 7) is 5.98. The molecule has 1 heterocycles. The van der Waals surface area contributed by atoms with E-state index in [0.717, 1.165) is 6.42 Å². The van der Waals surface area contributed by atoms with E-state index in [1.807, 2.05) is 19.9 Å². The molecule has 1 fully saturated rings. The van der Waals surface area contributed by atoms with E-state index in [4.69, 9.17) is 4.74 Å². The van der Waals surface area contributed by atoms with Gasteiger partial charge in [-0.2, -0.15) is 0 Å². The van der Waals surface area contributed by atoms with Gasteiger partial charge in [-0.15, -0.1) is 0 Å². The summed E-state index contributed by atoms with van der Waals surface area (Å²) in [5, 5.41) is 5.72. The Balaban J connectivity index is 1.77. The molecular formula is C24H29N3O4. The molecule has 7 nitrogen and oxygen atoms in total. The summed E-state index contributed by atoms with van der Waals surface area (Å²) in [5.74, 6) is -0.832. The van der Waals surface area contributed by atoms with E-state index in [2.05, 4.69) is 10.6 Å². The molecule has 0 spiro atoms. The molecule has 0 bridgehead atoms. The van der Waals surface area contributed by atoms with Crippen LogP contribution in [0.1, 0.15) is 41.0 Å². The van der Waals surface area contributed by atoms with Gasteiger partial charge in [0.15, 0.2) is 0 Å². The average Bonchev–Trinajstić information content (AvgIpc) is 2.83. The van der Waals surface area contributed by atoms with Crippen LogP contribution < -0.4 is 10.6 Å². The smallest absolute Gasteiger partial charge is 0.255 e. The normalized spacial score (nSPS) is 15.6. The number of carbonyl (C=O) groups excluding carboxylic acids is 3. The lowest BCUT2D eigenvalue weighted by molar-refractivity contribution is -0.138. The SMILES string of the molecule is CC[C@@H](C)[C@H](NC(=O)c1ccccc1NC(=O)c1ccccc1)C(=O)N1CCOCC1. The molecule has 31 heavy (non-hydrogen) atoms. The fourth-order valence-electron chi connectivity index (χ4n) is 3.46. The highest BCUT2D eigenvalue weighted by molar-refractivity contribution is 6.09. The Kier molecular flexibility index (Phi) is 7.78. The fourth-order valence-corrected chi connectivity index (χ4v) is 3.46. The molecule has 0 radical (unpaired) electrons. The third kappa shape index (κ3) is 5.70. The molecule has 3 amide bonds. The third-order valence-corrected chi connectivity index (χ3v) is 5.54. The molecule has 0 saturated carbocycles. The third-order valence-electron chi connectivity index (χ3n) is 5.54. The van der Waals surface area contributed by atoms with Gasteiger partial charge >= 0.3 is 0 Å². The standard InChI is InChI=1S/C24H29N3O4/c1-3-17(2)21(24(30)27-13-15-31-16-14-27)26-23(29)19-11-7-8-12-20(19)25-22(28)18-9-5-4-6-10-18/h4-12,17,21H,3,13-16H2,1-2H3,(H,25,28)(H,26,29)/t17-,21+/m1/s1. The van der Waals surface area contributed by atoms with Gasteiger partial charge in [0.2, 0.25) is 5.91 Å². The summed E-state index contributed by atoms with van der Waals surface area (Å²) in [4.78, 5) is 40.5. The van der Waals surface area contributed by atoms with Gasteiger partial charge in [0.05, 0.1) is 24.5 Å². The molecule has 2 N–H and O–H groups in total. The molecule has 3 rings (SSSR count). The molecule has 2 atom stereocenters. The van der Waals surface area contributed by atoms with Crippen LogP contribution in [0.2, 0.25) is 0 Å². The first-order chi connectivity index (χ1) is 15.0. The molecule has 2 aromatic rings. The first-order valence-corrected chi connectivity index (χ1v) is 10.6. The van der Waals surface area contributed by atoms with Crippen molar-refractivity contribution in [2.24, 2.45) is 5.92 Å². The van der Waals surface area contributed by atoms with Crippen molar-refractivity contribution in [2.45, 2.75) is 26.3 Å². The minimum Gasteiger partial charge on any atom is -0.378 e. The van der Waals surface area contributed by atoms with Crippen LogP contribution >= 0.6 is 0 Å². The summed E-state index contributed by atoms with van der Waals surface area (Å²) < 4.78 is 5.33. The van der Waals surface area contributed by atoms with Crippen LogP contribution in [-0.4, -0.2) is 55.0 Å². The van der Waals surface area contributed by atoms with Crippen molar-refractivity contribution in [3.63, 3.8) is 0 Å². The number of nitrogens with zero attached hydrogens (tertiary/aromatic N) is 1. The van der Waals surface area contributed by atoms with E-state index < -0.39 is 11.9 Å². The molecule has 0 aliphatic carbocycles. The lowest BCUT2D eigenvalue weighted by atomic mass is 9.97. The van der Waals surface area contributed by atoms with Gasteiger partial charge < -0.3 is 20.3 Å². The van der Waals surface area contributed by atoms with Crippen molar-refractivity contribution >= 4 is 23.4 Å². The van der Waals surface area contributed by atoms with Crippen molar-refractivity contribution in [1.29, 1.82) is 0 Å². The number of hydrogen-bond acceptors (Lipinski definition) is 4. The summed E-state index contributed by atoms with van der Waals surface area (Å²) in [6.07, 6.45) is 0.743. The molecule has 1 aliphatic heterocycles. The second-order valence-corrected chi connectivity index (χ2v) is 7.64. The Morgan fingerprint density at radius 2 is 1.61 bits per heavy atom. The number of rotatable bonds is 7. The number of ether oxygens (including phenoxy) is 1. The van der Waals surface area contributed by atoms with Gasteiger partial charge in [0.1, 0.15) is 6.04 Å². The zero-order valence-electron chi connectivity index (χ0n) is 18.0. The second kappa shape index (κ2) is 10.7. The zero-order chi connectivity index (χ0) is 22.2. The van der Waals surface area contributed by atoms with Crippen molar-refractivity contribution < 1.29 is 19.1 Å². The fraction of sp³-hybridized carbons (Fsp3) is 0.375.